The summed E-state index contributed by atoms with van der Waals surface area (Å²) < 4.78 is 41.4. The van der Waals surface area contributed by atoms with E-state index < -0.39 is 40.8 Å². The molecule has 38 heavy (non-hydrogen) atoms. The zero-order valence-corrected chi connectivity index (χ0v) is 23.4. The van der Waals surface area contributed by atoms with Crippen LogP contribution in [0.15, 0.2) is 36.4 Å². The van der Waals surface area contributed by atoms with E-state index in [-0.39, 0.29) is 39.4 Å². The molecule has 206 valence electrons. The number of benzene rings is 2. The van der Waals surface area contributed by atoms with E-state index in [1.807, 2.05) is 55.4 Å². The van der Waals surface area contributed by atoms with Crippen LogP contribution in [0.4, 0.5) is 8.78 Å². The molecule has 0 bridgehead atoms. The first-order chi connectivity index (χ1) is 17.4. The third-order valence-electron chi connectivity index (χ3n) is 7.53. The molecule has 2 saturated heterocycles. The van der Waals surface area contributed by atoms with Crippen molar-refractivity contribution in [3.63, 3.8) is 0 Å². The lowest BCUT2D eigenvalue weighted by molar-refractivity contribution is 0.0162. The van der Waals surface area contributed by atoms with Gasteiger partial charge in [-0.1, -0.05) is 12.1 Å². The second-order valence-electron chi connectivity index (χ2n) is 13.0. The highest BCUT2D eigenvalue weighted by Crippen LogP contribution is 2.35. The standard InChI is InChI=1S/C30H38F2N2O4/c1-27(2)15-23(29(5,6)33-27)37-25(35)18-10-11-19(21(31)14-18)17-9-12-20(22(32)13-17)26(36)38-24-16-28(3,4)34-30(24,7)8/h9-14,23-24,33-34H,15-16H2,1-8H3. The van der Waals surface area contributed by atoms with Crippen LogP contribution in [0.5, 0.6) is 0 Å². The van der Waals surface area contributed by atoms with Crippen molar-refractivity contribution in [2.45, 2.75) is 103 Å². The summed E-state index contributed by atoms with van der Waals surface area (Å²) in [4.78, 5) is 25.5. The average molecular weight is 529 g/mol. The van der Waals surface area contributed by atoms with Gasteiger partial charge in [-0.2, -0.15) is 0 Å². The van der Waals surface area contributed by atoms with Crippen molar-refractivity contribution < 1.29 is 27.8 Å². The zero-order valence-electron chi connectivity index (χ0n) is 23.4. The molecule has 0 radical (unpaired) electrons. The van der Waals surface area contributed by atoms with Crippen molar-refractivity contribution in [2.24, 2.45) is 0 Å². The van der Waals surface area contributed by atoms with Gasteiger partial charge in [0.25, 0.3) is 0 Å². The third kappa shape index (κ3) is 5.76. The first-order valence-electron chi connectivity index (χ1n) is 13.0. The molecule has 2 aliphatic rings. The molecule has 0 aromatic heterocycles. The summed E-state index contributed by atoms with van der Waals surface area (Å²) in [7, 11) is 0. The van der Waals surface area contributed by atoms with Crippen LogP contribution in [-0.4, -0.2) is 46.3 Å². The molecule has 0 spiro atoms. The van der Waals surface area contributed by atoms with Crippen molar-refractivity contribution in [2.75, 3.05) is 0 Å². The van der Waals surface area contributed by atoms with Crippen molar-refractivity contribution in [1.82, 2.24) is 10.6 Å². The molecule has 4 rings (SSSR count). The Labute approximate surface area is 223 Å². The summed E-state index contributed by atoms with van der Waals surface area (Å²) in [5.74, 6) is -2.89. The van der Waals surface area contributed by atoms with Crippen LogP contribution in [0.2, 0.25) is 0 Å². The third-order valence-corrected chi connectivity index (χ3v) is 7.53. The van der Waals surface area contributed by atoms with Crippen LogP contribution in [0, 0.1) is 11.6 Å². The van der Waals surface area contributed by atoms with Crippen molar-refractivity contribution in [3.05, 3.63) is 59.2 Å². The second kappa shape index (κ2) is 9.42. The van der Waals surface area contributed by atoms with Crippen molar-refractivity contribution >= 4 is 11.9 Å². The summed E-state index contributed by atoms with van der Waals surface area (Å²) in [6, 6.07) is 7.83. The second-order valence-corrected chi connectivity index (χ2v) is 13.0. The molecule has 2 atom stereocenters. The molecular formula is C30H38F2N2O4. The van der Waals surface area contributed by atoms with Crippen molar-refractivity contribution in [3.8, 4) is 11.1 Å². The van der Waals surface area contributed by atoms with Gasteiger partial charge in [-0.3, -0.25) is 0 Å². The van der Waals surface area contributed by atoms with E-state index in [0.717, 1.165) is 12.1 Å². The Balaban J connectivity index is 1.48. The molecule has 2 aliphatic heterocycles. The van der Waals surface area contributed by atoms with Crippen LogP contribution in [0.3, 0.4) is 0 Å². The minimum atomic E-state index is -0.808. The fraction of sp³-hybridized carbons (Fsp3) is 0.533. The minimum Gasteiger partial charge on any atom is -0.457 e. The maximum absolute atomic E-state index is 15.1. The number of carbonyl (C=O) groups is 2. The molecule has 2 N–H and O–H groups in total. The first kappa shape index (κ1) is 28.2. The van der Waals surface area contributed by atoms with E-state index in [9.17, 15) is 14.0 Å². The Hall–Kier alpha value is -2.84. The summed E-state index contributed by atoms with van der Waals surface area (Å²) in [6.07, 6.45) is 0.432. The molecule has 6 nitrogen and oxygen atoms in total. The molecule has 2 unspecified atom stereocenters. The molecule has 2 fully saturated rings. The van der Waals surface area contributed by atoms with Gasteiger partial charge in [0.1, 0.15) is 23.8 Å². The summed E-state index contributed by atoms with van der Waals surface area (Å²) in [5.41, 5.74) is -1.08. The highest BCUT2D eigenvalue weighted by Gasteiger charge is 2.47. The number of halogens is 2. The molecular weight excluding hydrogens is 490 g/mol. The smallest absolute Gasteiger partial charge is 0.341 e. The van der Waals surface area contributed by atoms with Crippen LogP contribution in [-0.2, 0) is 9.47 Å². The molecule has 2 aromatic carbocycles. The Morgan fingerprint density at radius 1 is 0.737 bits per heavy atom. The number of carbonyl (C=O) groups excluding carboxylic acids is 2. The van der Waals surface area contributed by atoms with Gasteiger partial charge in [0.05, 0.1) is 22.2 Å². The normalized spacial score (nSPS) is 24.7. The van der Waals surface area contributed by atoms with E-state index >= 15 is 4.39 Å². The lowest BCUT2D eigenvalue weighted by Crippen LogP contribution is -2.47. The fourth-order valence-electron chi connectivity index (χ4n) is 5.94. The quantitative estimate of drug-likeness (QED) is 0.479. The molecule has 0 saturated carbocycles. The summed E-state index contributed by atoms with van der Waals surface area (Å²) in [6.45, 7) is 15.9. The number of hydrogen-bond acceptors (Lipinski definition) is 6. The number of nitrogens with one attached hydrogen (secondary N) is 2. The van der Waals surface area contributed by atoms with Gasteiger partial charge < -0.3 is 20.1 Å². The van der Waals surface area contributed by atoms with Gasteiger partial charge in [0.2, 0.25) is 0 Å². The summed E-state index contributed by atoms with van der Waals surface area (Å²) in [5, 5.41) is 6.86. The Morgan fingerprint density at radius 2 is 1.26 bits per heavy atom. The van der Waals surface area contributed by atoms with Crippen LogP contribution < -0.4 is 10.6 Å². The highest BCUT2D eigenvalue weighted by atomic mass is 19.1. The van der Waals surface area contributed by atoms with Gasteiger partial charge >= 0.3 is 11.9 Å². The SMILES string of the molecule is CC1(C)CC(OC(=O)c2ccc(-c3ccc(C(=O)OC4CC(C)(C)NC4(C)C)c(F)c3)c(F)c2)C(C)(C)N1. The lowest BCUT2D eigenvalue weighted by Gasteiger charge is -2.28. The largest absolute Gasteiger partial charge is 0.457 e. The van der Waals surface area contributed by atoms with Crippen LogP contribution in [0.25, 0.3) is 11.1 Å². The Bertz CT molecular complexity index is 1270. The molecule has 2 aromatic rings. The monoisotopic (exact) mass is 528 g/mol. The number of esters is 2. The molecule has 0 amide bonds. The van der Waals surface area contributed by atoms with Crippen LogP contribution in [0.1, 0.15) is 88.9 Å². The topological polar surface area (TPSA) is 76.7 Å². The van der Waals surface area contributed by atoms with E-state index in [4.69, 9.17) is 9.47 Å². The summed E-state index contributed by atoms with van der Waals surface area (Å²) >= 11 is 0. The molecule has 2 heterocycles. The lowest BCUT2D eigenvalue weighted by atomic mass is 9.96. The number of hydrogen-bond donors (Lipinski definition) is 2. The van der Waals surface area contributed by atoms with Crippen LogP contribution >= 0.6 is 0 Å². The van der Waals surface area contributed by atoms with Gasteiger partial charge in [-0.05, 0) is 85.2 Å². The molecule has 8 heteroatoms. The predicted octanol–water partition coefficient (Wildman–Crippen LogP) is 5.78. The highest BCUT2D eigenvalue weighted by molar-refractivity contribution is 5.92. The van der Waals surface area contributed by atoms with E-state index in [1.54, 1.807) is 0 Å². The Kier molecular flexibility index (Phi) is 6.98. The average Bonchev–Trinajstić information content (AvgIpc) is 3.10. The van der Waals surface area contributed by atoms with Gasteiger partial charge in [-0.25, -0.2) is 18.4 Å². The van der Waals surface area contributed by atoms with Gasteiger partial charge in [-0.15, -0.1) is 0 Å². The number of ether oxygens (including phenoxy) is 2. The maximum atomic E-state index is 15.1. The predicted molar refractivity (Wildman–Crippen MR) is 142 cm³/mol. The van der Waals surface area contributed by atoms with Gasteiger partial charge in [0, 0.05) is 29.5 Å². The molecule has 0 aliphatic carbocycles. The maximum Gasteiger partial charge on any atom is 0.341 e. The number of rotatable bonds is 5. The zero-order chi connectivity index (χ0) is 28.3. The Morgan fingerprint density at radius 3 is 1.71 bits per heavy atom. The van der Waals surface area contributed by atoms with E-state index in [1.165, 1.54) is 24.3 Å². The fourth-order valence-corrected chi connectivity index (χ4v) is 5.94. The van der Waals surface area contributed by atoms with Gasteiger partial charge in [0.15, 0.2) is 0 Å². The van der Waals surface area contributed by atoms with E-state index in [2.05, 4.69) is 10.6 Å². The first-order valence-corrected chi connectivity index (χ1v) is 13.0. The van der Waals surface area contributed by atoms with E-state index in [0.29, 0.717) is 12.8 Å². The minimum absolute atomic E-state index is 0.0723. The van der Waals surface area contributed by atoms with Crippen molar-refractivity contribution in [1.29, 1.82) is 0 Å².